The third kappa shape index (κ3) is 3.64. The summed E-state index contributed by atoms with van der Waals surface area (Å²) in [5.41, 5.74) is -0.213. The molecule has 0 aromatic heterocycles. The molecule has 27 heavy (non-hydrogen) atoms. The highest BCUT2D eigenvalue weighted by molar-refractivity contribution is 5.82. The first-order valence-corrected chi connectivity index (χ1v) is 9.35. The lowest BCUT2D eigenvalue weighted by atomic mass is 9.91. The van der Waals surface area contributed by atoms with E-state index in [1.165, 1.54) is 11.0 Å². The Morgan fingerprint density at radius 3 is 2.63 bits per heavy atom. The highest BCUT2D eigenvalue weighted by atomic mass is 19.2. The number of rotatable bonds is 2. The number of nitrogens with zero attached hydrogens (tertiary/aromatic N) is 3. The molecule has 2 aliphatic rings. The Labute approximate surface area is 158 Å². The summed E-state index contributed by atoms with van der Waals surface area (Å²) in [6.45, 7) is 8.56. The second kappa shape index (κ2) is 7.09. The van der Waals surface area contributed by atoms with Crippen molar-refractivity contribution >= 4 is 11.9 Å². The summed E-state index contributed by atoms with van der Waals surface area (Å²) in [6, 6.07) is 3.93. The first-order chi connectivity index (χ1) is 12.6. The van der Waals surface area contributed by atoms with Crippen LogP contribution >= 0.6 is 0 Å². The van der Waals surface area contributed by atoms with Crippen LogP contribution in [0.5, 0.6) is 0 Å². The molecule has 1 saturated heterocycles. The van der Waals surface area contributed by atoms with Crippen molar-refractivity contribution in [2.24, 2.45) is 4.99 Å². The summed E-state index contributed by atoms with van der Waals surface area (Å²) in [4.78, 5) is 20.1. The molecule has 0 aliphatic carbocycles. The average Bonchev–Trinajstić information content (AvgIpc) is 2.81. The van der Waals surface area contributed by atoms with E-state index in [9.17, 15) is 18.7 Å². The highest BCUT2D eigenvalue weighted by Gasteiger charge is 2.44. The van der Waals surface area contributed by atoms with Gasteiger partial charge in [-0.25, -0.2) is 13.6 Å². The Kier molecular flexibility index (Phi) is 5.14. The van der Waals surface area contributed by atoms with E-state index in [4.69, 9.17) is 0 Å². The predicted octanol–water partition coefficient (Wildman–Crippen LogP) is 4.09. The van der Waals surface area contributed by atoms with Gasteiger partial charge in [-0.05, 0) is 52.2 Å². The summed E-state index contributed by atoms with van der Waals surface area (Å²) >= 11 is 0. The van der Waals surface area contributed by atoms with Gasteiger partial charge >= 0.3 is 6.09 Å². The minimum atomic E-state index is -0.965. The summed E-state index contributed by atoms with van der Waals surface area (Å²) in [5, 5.41) is 9.86. The molecule has 1 aromatic rings. The predicted molar refractivity (Wildman–Crippen MR) is 100 cm³/mol. The van der Waals surface area contributed by atoms with Crippen molar-refractivity contribution in [3.63, 3.8) is 0 Å². The van der Waals surface area contributed by atoms with Gasteiger partial charge in [-0.3, -0.25) is 9.89 Å². The molecule has 3 atom stereocenters. The molecule has 148 valence electrons. The maximum atomic E-state index is 14.4. The molecule has 0 bridgehead atoms. The fourth-order valence-corrected chi connectivity index (χ4v) is 4.46. The number of aliphatic imine (C=N–C) groups is 1. The van der Waals surface area contributed by atoms with Crippen molar-refractivity contribution in [1.82, 2.24) is 9.80 Å². The molecule has 1 amide bonds. The second-order valence-corrected chi connectivity index (χ2v) is 8.42. The van der Waals surface area contributed by atoms with Crippen LogP contribution in [0.15, 0.2) is 23.2 Å². The van der Waals surface area contributed by atoms with Gasteiger partial charge in [-0.1, -0.05) is 12.1 Å². The maximum absolute atomic E-state index is 14.4. The Hall–Kier alpha value is -2.18. The zero-order chi connectivity index (χ0) is 19.9. The lowest BCUT2D eigenvalue weighted by Gasteiger charge is -2.43. The Morgan fingerprint density at radius 1 is 1.30 bits per heavy atom. The van der Waals surface area contributed by atoms with Crippen molar-refractivity contribution in [2.45, 2.75) is 64.1 Å². The molecule has 1 unspecified atom stereocenters. The van der Waals surface area contributed by atoms with Crippen molar-refractivity contribution in [1.29, 1.82) is 0 Å². The Balaban J connectivity index is 1.97. The van der Waals surface area contributed by atoms with Gasteiger partial charge in [-0.2, -0.15) is 0 Å². The van der Waals surface area contributed by atoms with E-state index in [2.05, 4.69) is 9.89 Å². The minimum absolute atomic E-state index is 0.0815. The lowest BCUT2D eigenvalue weighted by Crippen LogP contribution is -2.58. The fourth-order valence-electron chi connectivity index (χ4n) is 4.46. The van der Waals surface area contributed by atoms with E-state index >= 15 is 0 Å². The van der Waals surface area contributed by atoms with Gasteiger partial charge in [0.25, 0.3) is 0 Å². The van der Waals surface area contributed by atoms with Crippen LogP contribution in [0.4, 0.5) is 13.6 Å². The number of amides is 1. The van der Waals surface area contributed by atoms with Crippen LogP contribution in [-0.2, 0) is 0 Å². The largest absolute Gasteiger partial charge is 0.465 e. The monoisotopic (exact) mass is 379 g/mol. The van der Waals surface area contributed by atoms with Crippen molar-refractivity contribution in [3.05, 3.63) is 35.4 Å². The molecule has 1 aromatic carbocycles. The lowest BCUT2D eigenvalue weighted by molar-refractivity contribution is 0.0469. The molecule has 7 heteroatoms. The van der Waals surface area contributed by atoms with Crippen LogP contribution in [0, 0.1) is 11.6 Å². The molecule has 1 fully saturated rings. The van der Waals surface area contributed by atoms with Crippen LogP contribution in [0.3, 0.4) is 0 Å². The van der Waals surface area contributed by atoms with Crippen LogP contribution in [0.2, 0.25) is 0 Å². The molecule has 3 rings (SSSR count). The first-order valence-electron chi connectivity index (χ1n) is 9.35. The second-order valence-electron chi connectivity index (χ2n) is 8.42. The number of carbonyl (C=O) groups is 1. The maximum Gasteiger partial charge on any atom is 0.408 e. The molecule has 2 aliphatic heterocycles. The van der Waals surface area contributed by atoms with E-state index in [0.717, 1.165) is 11.9 Å². The van der Waals surface area contributed by atoms with Crippen LogP contribution in [0.25, 0.3) is 0 Å². The summed E-state index contributed by atoms with van der Waals surface area (Å²) in [5.74, 6) is -1.05. The average molecular weight is 379 g/mol. The quantitative estimate of drug-likeness (QED) is 0.842. The smallest absolute Gasteiger partial charge is 0.408 e. The molecule has 0 saturated carbocycles. The normalized spacial score (nSPS) is 25.6. The van der Waals surface area contributed by atoms with E-state index in [1.54, 1.807) is 6.07 Å². The van der Waals surface area contributed by atoms with Gasteiger partial charge < -0.3 is 10.0 Å². The van der Waals surface area contributed by atoms with E-state index in [1.807, 2.05) is 27.7 Å². The zero-order valence-corrected chi connectivity index (χ0v) is 16.2. The van der Waals surface area contributed by atoms with Gasteiger partial charge in [0, 0.05) is 18.0 Å². The van der Waals surface area contributed by atoms with Crippen LogP contribution in [-0.4, -0.2) is 57.5 Å². The number of halogens is 2. The molecular formula is C20H27F2N3O2. The zero-order valence-electron chi connectivity index (χ0n) is 16.2. The summed E-state index contributed by atoms with van der Waals surface area (Å²) < 4.78 is 28.2. The Morgan fingerprint density at radius 2 is 2.00 bits per heavy atom. The number of amidine groups is 1. The Bertz CT molecular complexity index is 760. The minimum Gasteiger partial charge on any atom is -0.465 e. The highest BCUT2D eigenvalue weighted by Crippen LogP contribution is 2.36. The summed E-state index contributed by atoms with van der Waals surface area (Å²) in [7, 11) is 0. The van der Waals surface area contributed by atoms with Crippen molar-refractivity contribution < 1.29 is 18.7 Å². The van der Waals surface area contributed by atoms with Crippen molar-refractivity contribution in [2.75, 3.05) is 13.1 Å². The van der Waals surface area contributed by atoms with Crippen molar-refractivity contribution in [3.8, 4) is 0 Å². The number of benzene rings is 1. The van der Waals surface area contributed by atoms with Gasteiger partial charge in [-0.15, -0.1) is 0 Å². The fraction of sp³-hybridized carbons (Fsp3) is 0.600. The molecular weight excluding hydrogens is 352 g/mol. The van der Waals surface area contributed by atoms with Crippen LogP contribution in [0.1, 0.15) is 52.0 Å². The number of hydrogen-bond donors (Lipinski definition) is 1. The standard InChI is InChI=1S/C20H27F2N3O2/c1-12-23-10-17-16(25(19(26)27)20(2,3)4)9-8-13(11-24(12)17)14-6-5-7-15(21)18(14)22/h5-7,13,16-17H,8-11H2,1-4H3,(H,26,27)/t13-,16-,17?/m1/s1. The molecule has 2 heterocycles. The van der Waals surface area contributed by atoms with Gasteiger partial charge in [0.2, 0.25) is 0 Å². The van der Waals surface area contributed by atoms with E-state index in [-0.39, 0.29) is 18.0 Å². The number of carboxylic acid groups (broad SMARTS) is 1. The van der Waals surface area contributed by atoms with Crippen LogP contribution < -0.4 is 0 Å². The van der Waals surface area contributed by atoms with Gasteiger partial charge in [0.15, 0.2) is 11.6 Å². The van der Waals surface area contributed by atoms with E-state index < -0.39 is 23.3 Å². The number of hydrogen-bond acceptors (Lipinski definition) is 3. The molecule has 0 spiro atoms. The molecule has 5 nitrogen and oxygen atoms in total. The number of fused-ring (bicyclic) bond motifs is 1. The SMILES string of the molecule is CC1=NCC2[C@H](N(C(=O)O)C(C)(C)C)CC[C@@H](c3cccc(F)c3F)CN12. The molecule has 1 N–H and O–H groups in total. The van der Waals surface area contributed by atoms with Gasteiger partial charge in [0.05, 0.1) is 24.5 Å². The third-order valence-corrected chi connectivity index (χ3v) is 5.68. The third-order valence-electron chi connectivity index (χ3n) is 5.68. The van der Waals surface area contributed by atoms with Gasteiger partial charge in [0.1, 0.15) is 0 Å². The van der Waals surface area contributed by atoms with E-state index in [0.29, 0.717) is 31.5 Å². The first kappa shape index (κ1) is 19.6. The topological polar surface area (TPSA) is 56.1 Å². The summed E-state index contributed by atoms with van der Waals surface area (Å²) in [6.07, 6.45) is 0.201. The molecule has 0 radical (unpaired) electrons.